The number of nitrogens with zero attached hydrogens (tertiary/aromatic N) is 1. The van der Waals surface area contributed by atoms with Crippen LogP contribution in [-0.2, 0) is 16.0 Å². The molecule has 1 unspecified atom stereocenters. The Morgan fingerprint density at radius 2 is 2.40 bits per heavy atom. The smallest absolute Gasteiger partial charge is 0.312 e. The van der Waals surface area contributed by atoms with Crippen molar-refractivity contribution in [3.63, 3.8) is 0 Å². The van der Waals surface area contributed by atoms with Crippen LogP contribution in [0.2, 0.25) is 0 Å². The third-order valence-electron chi connectivity index (χ3n) is 3.34. The quantitative estimate of drug-likeness (QED) is 0.722. The first-order valence-corrected chi connectivity index (χ1v) is 8.08. The molecular weight excluding hydrogens is 276 g/mol. The van der Waals surface area contributed by atoms with Gasteiger partial charge in [-0.05, 0) is 32.1 Å². The number of rotatable bonds is 8. The summed E-state index contributed by atoms with van der Waals surface area (Å²) in [6.07, 6.45) is 4.58. The topological polar surface area (TPSA) is 71.5 Å². The number of hydrogen-bond donors (Lipinski definition) is 2. The maximum Gasteiger partial charge on any atom is 0.312 e. The number of fused-ring (bicyclic) bond motifs is 1. The predicted molar refractivity (Wildman–Crippen MR) is 79.6 cm³/mol. The molecule has 1 aromatic rings. The summed E-state index contributed by atoms with van der Waals surface area (Å²) in [5.74, 6) is -1.17. The molecule has 0 aromatic carbocycles. The molecule has 0 bridgehead atoms. The molecule has 0 fully saturated rings. The third-order valence-corrected chi connectivity index (χ3v) is 4.43. The van der Waals surface area contributed by atoms with Gasteiger partial charge in [-0.25, -0.2) is 4.98 Å². The summed E-state index contributed by atoms with van der Waals surface area (Å²) in [7, 11) is 0. The SMILES string of the molecule is CCCOCCCNc1nc2c(s1)CCCC2C(=O)O. The Hall–Kier alpha value is -1.14. The van der Waals surface area contributed by atoms with E-state index in [0.717, 1.165) is 61.1 Å². The van der Waals surface area contributed by atoms with E-state index in [1.165, 1.54) is 0 Å². The molecule has 1 aliphatic rings. The zero-order valence-electron chi connectivity index (χ0n) is 11.9. The molecule has 1 aliphatic carbocycles. The van der Waals surface area contributed by atoms with Crippen molar-refractivity contribution >= 4 is 22.4 Å². The van der Waals surface area contributed by atoms with Gasteiger partial charge in [0, 0.05) is 24.6 Å². The van der Waals surface area contributed by atoms with Gasteiger partial charge in [0.2, 0.25) is 0 Å². The van der Waals surface area contributed by atoms with Crippen molar-refractivity contribution in [1.82, 2.24) is 4.98 Å². The lowest BCUT2D eigenvalue weighted by atomic mass is 9.91. The van der Waals surface area contributed by atoms with Crippen LogP contribution in [0.25, 0.3) is 0 Å². The highest BCUT2D eigenvalue weighted by Gasteiger charge is 2.29. The molecule has 0 saturated carbocycles. The van der Waals surface area contributed by atoms with E-state index in [0.29, 0.717) is 6.42 Å². The summed E-state index contributed by atoms with van der Waals surface area (Å²) in [6, 6.07) is 0. The van der Waals surface area contributed by atoms with Crippen LogP contribution in [-0.4, -0.2) is 35.8 Å². The molecule has 1 atom stereocenters. The second-order valence-corrected chi connectivity index (χ2v) is 6.09. The van der Waals surface area contributed by atoms with Crippen LogP contribution in [0.4, 0.5) is 5.13 Å². The predicted octanol–water partition coefficient (Wildman–Crippen LogP) is 2.88. The maximum absolute atomic E-state index is 11.2. The molecule has 2 N–H and O–H groups in total. The van der Waals surface area contributed by atoms with Crippen molar-refractivity contribution in [3.05, 3.63) is 10.6 Å². The lowest BCUT2D eigenvalue weighted by Crippen LogP contribution is -2.17. The van der Waals surface area contributed by atoms with Crippen LogP contribution in [0, 0.1) is 0 Å². The van der Waals surface area contributed by atoms with Gasteiger partial charge in [0.15, 0.2) is 5.13 Å². The number of hydrogen-bond acceptors (Lipinski definition) is 5. The molecule has 5 nitrogen and oxygen atoms in total. The minimum Gasteiger partial charge on any atom is -0.481 e. The van der Waals surface area contributed by atoms with Gasteiger partial charge in [0.05, 0.1) is 5.69 Å². The number of ether oxygens (including phenoxy) is 1. The number of carboxylic acid groups (broad SMARTS) is 1. The standard InChI is InChI=1S/C14H22N2O3S/c1-2-8-19-9-4-7-15-14-16-12-10(13(17)18)5-3-6-11(12)20-14/h10H,2-9H2,1H3,(H,15,16)(H,17,18). The number of nitrogens with one attached hydrogen (secondary N) is 1. The lowest BCUT2D eigenvalue weighted by molar-refractivity contribution is -0.139. The van der Waals surface area contributed by atoms with Crippen molar-refractivity contribution in [1.29, 1.82) is 0 Å². The monoisotopic (exact) mass is 298 g/mol. The lowest BCUT2D eigenvalue weighted by Gasteiger charge is -2.16. The molecule has 0 spiro atoms. The average molecular weight is 298 g/mol. The van der Waals surface area contributed by atoms with Crippen LogP contribution >= 0.6 is 11.3 Å². The van der Waals surface area contributed by atoms with Gasteiger partial charge in [-0.3, -0.25) is 4.79 Å². The van der Waals surface area contributed by atoms with Crippen LogP contribution < -0.4 is 5.32 Å². The summed E-state index contributed by atoms with van der Waals surface area (Å²) < 4.78 is 5.42. The number of aryl methyl sites for hydroxylation is 1. The van der Waals surface area contributed by atoms with E-state index >= 15 is 0 Å². The van der Waals surface area contributed by atoms with E-state index < -0.39 is 11.9 Å². The van der Waals surface area contributed by atoms with Crippen LogP contribution in [0.5, 0.6) is 0 Å². The second kappa shape index (κ2) is 7.59. The Morgan fingerprint density at radius 3 is 3.15 bits per heavy atom. The molecule has 0 aliphatic heterocycles. The molecular formula is C14H22N2O3S. The van der Waals surface area contributed by atoms with Crippen LogP contribution in [0.15, 0.2) is 0 Å². The average Bonchev–Trinajstić information content (AvgIpc) is 2.84. The Bertz CT molecular complexity index is 448. The summed E-state index contributed by atoms with van der Waals surface area (Å²) in [5.41, 5.74) is 0.776. The highest BCUT2D eigenvalue weighted by Crippen LogP contribution is 2.36. The largest absolute Gasteiger partial charge is 0.481 e. The molecule has 1 heterocycles. The highest BCUT2D eigenvalue weighted by molar-refractivity contribution is 7.15. The first-order chi connectivity index (χ1) is 9.72. The molecule has 0 amide bonds. The highest BCUT2D eigenvalue weighted by atomic mass is 32.1. The van der Waals surface area contributed by atoms with Crippen molar-refractivity contribution in [3.8, 4) is 0 Å². The normalized spacial score (nSPS) is 17.8. The van der Waals surface area contributed by atoms with Gasteiger partial charge in [-0.15, -0.1) is 11.3 Å². The molecule has 1 aromatic heterocycles. The zero-order chi connectivity index (χ0) is 14.4. The van der Waals surface area contributed by atoms with E-state index in [9.17, 15) is 9.90 Å². The number of carboxylic acids is 1. The van der Waals surface area contributed by atoms with Gasteiger partial charge < -0.3 is 15.2 Å². The first kappa shape index (κ1) is 15.3. The van der Waals surface area contributed by atoms with Crippen molar-refractivity contribution in [2.45, 2.75) is 44.9 Å². The fraction of sp³-hybridized carbons (Fsp3) is 0.714. The Kier molecular flexibility index (Phi) is 5.79. The fourth-order valence-corrected chi connectivity index (χ4v) is 3.44. The van der Waals surface area contributed by atoms with E-state index in [4.69, 9.17) is 4.74 Å². The number of aliphatic carboxylic acids is 1. The number of anilines is 1. The fourth-order valence-electron chi connectivity index (χ4n) is 2.35. The number of thiazole rings is 1. The summed E-state index contributed by atoms with van der Waals surface area (Å²) in [6.45, 7) is 4.47. The van der Waals surface area contributed by atoms with Crippen molar-refractivity contribution in [2.75, 3.05) is 25.1 Å². The molecule has 0 radical (unpaired) electrons. The Balaban J connectivity index is 1.83. The van der Waals surface area contributed by atoms with Gasteiger partial charge in [-0.2, -0.15) is 0 Å². The Morgan fingerprint density at radius 1 is 1.55 bits per heavy atom. The minimum absolute atomic E-state index is 0.418. The minimum atomic E-state index is -0.754. The van der Waals surface area contributed by atoms with E-state index in [2.05, 4.69) is 17.2 Å². The van der Waals surface area contributed by atoms with Crippen LogP contribution in [0.3, 0.4) is 0 Å². The first-order valence-electron chi connectivity index (χ1n) is 7.26. The summed E-state index contributed by atoms with van der Waals surface area (Å²) in [4.78, 5) is 16.8. The van der Waals surface area contributed by atoms with Gasteiger partial charge in [0.1, 0.15) is 5.92 Å². The number of carbonyl (C=O) groups is 1. The van der Waals surface area contributed by atoms with Gasteiger partial charge in [0.25, 0.3) is 0 Å². The van der Waals surface area contributed by atoms with E-state index in [-0.39, 0.29) is 0 Å². The van der Waals surface area contributed by atoms with Gasteiger partial charge in [-0.1, -0.05) is 6.92 Å². The molecule has 2 rings (SSSR count). The number of aromatic nitrogens is 1. The van der Waals surface area contributed by atoms with E-state index in [1.807, 2.05) is 0 Å². The third kappa shape index (κ3) is 3.93. The van der Waals surface area contributed by atoms with Crippen molar-refractivity contribution < 1.29 is 14.6 Å². The summed E-state index contributed by atoms with van der Waals surface area (Å²) >= 11 is 1.60. The van der Waals surface area contributed by atoms with Crippen LogP contribution in [0.1, 0.15) is 49.1 Å². The van der Waals surface area contributed by atoms with Gasteiger partial charge >= 0.3 is 5.97 Å². The van der Waals surface area contributed by atoms with E-state index in [1.54, 1.807) is 11.3 Å². The second-order valence-electron chi connectivity index (χ2n) is 5.00. The molecule has 6 heteroatoms. The zero-order valence-corrected chi connectivity index (χ0v) is 12.7. The van der Waals surface area contributed by atoms with Crippen molar-refractivity contribution in [2.24, 2.45) is 0 Å². The molecule has 112 valence electrons. The maximum atomic E-state index is 11.2. The Labute approximate surface area is 123 Å². The molecule has 0 saturated heterocycles. The molecule has 20 heavy (non-hydrogen) atoms. The summed E-state index contributed by atoms with van der Waals surface area (Å²) in [5, 5.41) is 13.3.